The second-order valence-electron chi connectivity index (χ2n) is 3.93. The molecule has 0 atom stereocenters. The van der Waals surface area contributed by atoms with Crippen LogP contribution in [0, 0.1) is 6.92 Å². The van der Waals surface area contributed by atoms with Crippen molar-refractivity contribution in [3.8, 4) is 17.1 Å². The van der Waals surface area contributed by atoms with Crippen molar-refractivity contribution >= 4 is 0 Å². The van der Waals surface area contributed by atoms with Crippen molar-refractivity contribution < 1.29 is 5.11 Å². The van der Waals surface area contributed by atoms with Crippen molar-refractivity contribution in [2.45, 2.75) is 13.3 Å². The minimum absolute atomic E-state index is 0.210. The molecular weight excluding hydrogens is 212 g/mol. The molecule has 0 amide bonds. The van der Waals surface area contributed by atoms with Gasteiger partial charge >= 0.3 is 0 Å². The molecule has 0 saturated heterocycles. The molecule has 0 spiro atoms. The molecule has 17 heavy (non-hydrogen) atoms. The minimum Gasteiger partial charge on any atom is -0.507 e. The molecule has 1 aromatic heterocycles. The highest BCUT2D eigenvalue weighted by atomic mass is 16.3. The fourth-order valence-electron chi connectivity index (χ4n) is 1.60. The molecule has 86 valence electrons. The first-order chi connectivity index (χ1) is 8.20. The van der Waals surface area contributed by atoms with E-state index < -0.39 is 0 Å². The van der Waals surface area contributed by atoms with Crippen molar-refractivity contribution in [1.29, 1.82) is 0 Å². The summed E-state index contributed by atoms with van der Waals surface area (Å²) in [5.74, 6) is 0.747. The number of nitrogens with zero attached hydrogens (tertiary/aromatic N) is 2. The fraction of sp³-hybridized carbons (Fsp3) is 0.143. The van der Waals surface area contributed by atoms with Gasteiger partial charge in [-0.15, -0.1) is 6.58 Å². The maximum Gasteiger partial charge on any atom is 0.162 e. The lowest BCUT2D eigenvalue weighted by Crippen LogP contribution is -1.92. The molecule has 2 rings (SSSR count). The predicted molar refractivity (Wildman–Crippen MR) is 67.8 cm³/mol. The Morgan fingerprint density at radius 3 is 2.59 bits per heavy atom. The van der Waals surface area contributed by atoms with E-state index in [0.29, 0.717) is 11.4 Å². The maximum absolute atomic E-state index is 9.82. The Hall–Kier alpha value is -2.16. The van der Waals surface area contributed by atoms with Crippen molar-refractivity contribution in [2.24, 2.45) is 0 Å². The van der Waals surface area contributed by atoms with Gasteiger partial charge in [0.05, 0.1) is 5.56 Å². The summed E-state index contributed by atoms with van der Waals surface area (Å²) >= 11 is 0. The molecule has 0 saturated carbocycles. The first kappa shape index (κ1) is 11.3. The molecular formula is C14H14N2O. The second kappa shape index (κ2) is 4.78. The van der Waals surface area contributed by atoms with Crippen LogP contribution in [0.15, 0.2) is 43.2 Å². The molecule has 0 unspecified atom stereocenters. The van der Waals surface area contributed by atoms with Crippen molar-refractivity contribution in [3.63, 3.8) is 0 Å². The number of aromatic nitrogens is 2. The van der Waals surface area contributed by atoms with E-state index >= 15 is 0 Å². The summed E-state index contributed by atoms with van der Waals surface area (Å²) in [6.45, 7) is 5.59. The SMILES string of the molecule is C=CCc1cnc(-c2ccc(C)cc2O)nc1. The maximum atomic E-state index is 9.82. The predicted octanol–water partition coefficient (Wildman–Crippen LogP) is 2.89. The van der Waals surface area contributed by atoms with Gasteiger partial charge < -0.3 is 5.11 Å². The summed E-state index contributed by atoms with van der Waals surface area (Å²) in [5.41, 5.74) is 2.67. The van der Waals surface area contributed by atoms with Crippen LogP contribution in [0.5, 0.6) is 5.75 Å². The van der Waals surface area contributed by atoms with E-state index in [1.54, 1.807) is 18.5 Å². The quantitative estimate of drug-likeness (QED) is 0.818. The van der Waals surface area contributed by atoms with Crippen LogP contribution in [-0.2, 0) is 6.42 Å². The highest BCUT2D eigenvalue weighted by Gasteiger charge is 2.06. The monoisotopic (exact) mass is 226 g/mol. The summed E-state index contributed by atoms with van der Waals surface area (Å²) in [6.07, 6.45) is 6.06. The molecule has 0 fully saturated rings. The molecule has 3 nitrogen and oxygen atoms in total. The van der Waals surface area contributed by atoms with Crippen LogP contribution in [0.1, 0.15) is 11.1 Å². The number of phenols is 1. The molecule has 0 aliphatic carbocycles. The Morgan fingerprint density at radius 2 is 2.00 bits per heavy atom. The van der Waals surface area contributed by atoms with Gasteiger partial charge in [0.25, 0.3) is 0 Å². The number of phenolic OH excluding ortho intramolecular Hbond substituents is 1. The van der Waals surface area contributed by atoms with Gasteiger partial charge in [0.1, 0.15) is 5.75 Å². The van der Waals surface area contributed by atoms with Crippen molar-refractivity contribution in [1.82, 2.24) is 9.97 Å². The van der Waals surface area contributed by atoms with Gasteiger partial charge in [-0.25, -0.2) is 9.97 Å². The fourth-order valence-corrected chi connectivity index (χ4v) is 1.60. The van der Waals surface area contributed by atoms with Gasteiger partial charge in [-0.3, -0.25) is 0 Å². The first-order valence-electron chi connectivity index (χ1n) is 5.42. The van der Waals surface area contributed by atoms with Gasteiger partial charge in [-0.05, 0) is 36.6 Å². The highest BCUT2D eigenvalue weighted by Crippen LogP contribution is 2.26. The molecule has 0 bridgehead atoms. The third-order valence-electron chi connectivity index (χ3n) is 2.48. The number of benzene rings is 1. The number of allylic oxidation sites excluding steroid dienone is 1. The topological polar surface area (TPSA) is 46.0 Å². The average Bonchev–Trinajstić information content (AvgIpc) is 2.31. The molecule has 0 aliphatic rings. The number of aromatic hydroxyl groups is 1. The Morgan fingerprint density at radius 1 is 1.29 bits per heavy atom. The first-order valence-corrected chi connectivity index (χ1v) is 5.42. The largest absolute Gasteiger partial charge is 0.507 e. The van der Waals surface area contributed by atoms with Gasteiger partial charge in [-0.2, -0.15) is 0 Å². The van der Waals surface area contributed by atoms with Crippen LogP contribution in [0.25, 0.3) is 11.4 Å². The number of rotatable bonds is 3. The van der Waals surface area contributed by atoms with Crippen LogP contribution in [0.2, 0.25) is 0 Å². The normalized spacial score (nSPS) is 10.2. The summed E-state index contributed by atoms with van der Waals surface area (Å²) in [4.78, 5) is 8.48. The zero-order valence-corrected chi connectivity index (χ0v) is 9.72. The van der Waals surface area contributed by atoms with Crippen LogP contribution in [0.3, 0.4) is 0 Å². The molecule has 1 aromatic carbocycles. The lowest BCUT2D eigenvalue weighted by atomic mass is 10.1. The molecule has 0 aliphatic heterocycles. The van der Waals surface area contributed by atoms with E-state index in [9.17, 15) is 5.11 Å². The third-order valence-corrected chi connectivity index (χ3v) is 2.48. The Bertz CT molecular complexity index is 532. The zero-order chi connectivity index (χ0) is 12.3. The standard InChI is InChI=1S/C14H14N2O/c1-3-4-11-8-15-14(16-9-11)12-6-5-10(2)7-13(12)17/h3,5-9,17H,1,4H2,2H3. The summed E-state index contributed by atoms with van der Waals surface area (Å²) in [5, 5.41) is 9.82. The molecule has 0 radical (unpaired) electrons. The summed E-state index contributed by atoms with van der Waals surface area (Å²) < 4.78 is 0. The van der Waals surface area contributed by atoms with Crippen LogP contribution in [-0.4, -0.2) is 15.1 Å². The van der Waals surface area contributed by atoms with Crippen molar-refractivity contribution in [2.75, 3.05) is 0 Å². The minimum atomic E-state index is 0.210. The van der Waals surface area contributed by atoms with E-state index in [2.05, 4.69) is 16.5 Å². The van der Waals surface area contributed by atoms with Gasteiger partial charge in [0.2, 0.25) is 0 Å². The summed E-state index contributed by atoms with van der Waals surface area (Å²) in [7, 11) is 0. The van der Waals surface area contributed by atoms with Crippen LogP contribution in [0.4, 0.5) is 0 Å². The van der Waals surface area contributed by atoms with Gasteiger partial charge in [0, 0.05) is 12.4 Å². The highest BCUT2D eigenvalue weighted by molar-refractivity contribution is 5.63. The van der Waals surface area contributed by atoms with Crippen LogP contribution < -0.4 is 0 Å². The van der Waals surface area contributed by atoms with E-state index in [1.165, 1.54) is 0 Å². The van der Waals surface area contributed by atoms with E-state index in [-0.39, 0.29) is 5.75 Å². The van der Waals surface area contributed by atoms with Gasteiger partial charge in [0.15, 0.2) is 5.82 Å². The van der Waals surface area contributed by atoms with E-state index in [1.807, 2.05) is 25.1 Å². The molecule has 3 heteroatoms. The number of hydrogen-bond donors (Lipinski definition) is 1. The lowest BCUT2D eigenvalue weighted by Gasteiger charge is -2.04. The van der Waals surface area contributed by atoms with Crippen molar-refractivity contribution in [3.05, 3.63) is 54.4 Å². The average molecular weight is 226 g/mol. The second-order valence-corrected chi connectivity index (χ2v) is 3.93. The third kappa shape index (κ3) is 2.50. The lowest BCUT2D eigenvalue weighted by molar-refractivity contribution is 0.476. The number of hydrogen-bond acceptors (Lipinski definition) is 3. The zero-order valence-electron chi connectivity index (χ0n) is 9.72. The Balaban J connectivity index is 2.36. The Kier molecular flexibility index (Phi) is 3.19. The summed E-state index contributed by atoms with van der Waals surface area (Å²) in [6, 6.07) is 5.46. The molecule has 2 aromatic rings. The van der Waals surface area contributed by atoms with E-state index in [4.69, 9.17) is 0 Å². The number of aryl methyl sites for hydroxylation is 1. The van der Waals surface area contributed by atoms with E-state index in [0.717, 1.165) is 17.5 Å². The van der Waals surface area contributed by atoms with Crippen LogP contribution >= 0.6 is 0 Å². The molecule has 1 heterocycles. The molecule has 1 N–H and O–H groups in total. The Labute approximate surface area is 100 Å². The smallest absolute Gasteiger partial charge is 0.162 e. The van der Waals surface area contributed by atoms with Gasteiger partial charge in [-0.1, -0.05) is 12.1 Å².